The van der Waals surface area contributed by atoms with Crippen LogP contribution in [-0.4, -0.2) is 35.1 Å². The standard InChI is InChI=1S/C18H23N5O.HI/c1-12-13(2)21-17-6-5-14(9-16(12)17)10-20-18(19-3)23(4)11-15-7-8-24-22-15;/h5-9,21H,10-11H2,1-4H3,(H,19,20);1H. The highest BCUT2D eigenvalue weighted by Crippen LogP contribution is 2.22. The molecule has 0 spiro atoms. The Kier molecular flexibility index (Phi) is 6.46. The molecule has 0 saturated carbocycles. The third-order valence-electron chi connectivity index (χ3n) is 4.29. The molecule has 0 atom stereocenters. The summed E-state index contributed by atoms with van der Waals surface area (Å²) < 4.78 is 4.87. The molecule has 0 saturated heterocycles. The van der Waals surface area contributed by atoms with Crippen molar-refractivity contribution >= 4 is 40.8 Å². The summed E-state index contributed by atoms with van der Waals surface area (Å²) >= 11 is 0. The fourth-order valence-corrected chi connectivity index (χ4v) is 2.82. The van der Waals surface area contributed by atoms with Gasteiger partial charge in [-0.25, -0.2) is 0 Å². The summed E-state index contributed by atoms with van der Waals surface area (Å²) in [5.74, 6) is 0.820. The highest BCUT2D eigenvalue weighted by Gasteiger charge is 2.09. The predicted octanol–water partition coefficient (Wildman–Crippen LogP) is 3.60. The number of aromatic nitrogens is 2. The van der Waals surface area contributed by atoms with E-state index in [9.17, 15) is 0 Å². The molecule has 0 aliphatic carbocycles. The number of rotatable bonds is 4. The van der Waals surface area contributed by atoms with Gasteiger partial charge in [0, 0.05) is 43.3 Å². The topological polar surface area (TPSA) is 69.5 Å². The van der Waals surface area contributed by atoms with Crippen LogP contribution in [0.5, 0.6) is 0 Å². The summed E-state index contributed by atoms with van der Waals surface area (Å²) in [4.78, 5) is 9.76. The normalized spacial score (nSPS) is 11.4. The minimum Gasteiger partial charge on any atom is -0.364 e. The first-order valence-electron chi connectivity index (χ1n) is 7.97. The Morgan fingerprint density at radius 1 is 1.32 bits per heavy atom. The molecule has 2 N–H and O–H groups in total. The Bertz CT molecular complexity index is 854. The van der Waals surface area contributed by atoms with Crippen molar-refractivity contribution in [2.24, 2.45) is 4.99 Å². The molecule has 2 aromatic heterocycles. The van der Waals surface area contributed by atoms with E-state index in [1.807, 2.05) is 18.0 Å². The molecule has 0 radical (unpaired) electrons. The van der Waals surface area contributed by atoms with Gasteiger partial charge in [-0.3, -0.25) is 4.99 Å². The molecule has 0 bridgehead atoms. The second kappa shape index (κ2) is 8.37. The van der Waals surface area contributed by atoms with Gasteiger partial charge in [0.15, 0.2) is 5.96 Å². The van der Waals surface area contributed by atoms with Gasteiger partial charge in [0.2, 0.25) is 0 Å². The molecule has 7 heteroatoms. The van der Waals surface area contributed by atoms with E-state index in [4.69, 9.17) is 4.52 Å². The van der Waals surface area contributed by atoms with Crippen LogP contribution >= 0.6 is 24.0 Å². The first-order chi connectivity index (χ1) is 11.6. The molecule has 2 heterocycles. The van der Waals surface area contributed by atoms with Crippen LogP contribution in [0.15, 0.2) is 40.0 Å². The average molecular weight is 453 g/mol. The number of benzene rings is 1. The van der Waals surface area contributed by atoms with Crippen molar-refractivity contribution < 1.29 is 4.52 Å². The van der Waals surface area contributed by atoms with E-state index < -0.39 is 0 Å². The number of hydrogen-bond acceptors (Lipinski definition) is 3. The van der Waals surface area contributed by atoms with Crippen LogP contribution < -0.4 is 5.32 Å². The monoisotopic (exact) mass is 453 g/mol. The van der Waals surface area contributed by atoms with Crippen molar-refractivity contribution in [1.29, 1.82) is 0 Å². The lowest BCUT2D eigenvalue weighted by molar-refractivity contribution is 0.391. The maximum atomic E-state index is 4.87. The van der Waals surface area contributed by atoms with Gasteiger partial charge in [0.05, 0.1) is 6.54 Å². The van der Waals surface area contributed by atoms with Gasteiger partial charge in [0.1, 0.15) is 12.0 Å². The number of fused-ring (bicyclic) bond motifs is 1. The second-order valence-corrected chi connectivity index (χ2v) is 6.00. The number of nitrogens with zero attached hydrogens (tertiary/aromatic N) is 3. The highest BCUT2D eigenvalue weighted by atomic mass is 127. The lowest BCUT2D eigenvalue weighted by atomic mass is 10.1. The Balaban J connectivity index is 0.00000225. The average Bonchev–Trinajstić information content (AvgIpc) is 3.17. The molecular weight excluding hydrogens is 429 g/mol. The van der Waals surface area contributed by atoms with Gasteiger partial charge in [-0.05, 0) is 37.1 Å². The Labute approximate surface area is 164 Å². The van der Waals surface area contributed by atoms with Crippen LogP contribution in [0.25, 0.3) is 10.9 Å². The quantitative estimate of drug-likeness (QED) is 0.360. The van der Waals surface area contributed by atoms with Crippen molar-refractivity contribution in [1.82, 2.24) is 20.4 Å². The van der Waals surface area contributed by atoms with Gasteiger partial charge < -0.3 is 19.7 Å². The molecule has 0 aliphatic rings. The van der Waals surface area contributed by atoms with Crippen molar-refractivity contribution in [2.75, 3.05) is 14.1 Å². The van der Waals surface area contributed by atoms with E-state index in [-0.39, 0.29) is 24.0 Å². The summed E-state index contributed by atoms with van der Waals surface area (Å²) in [6.07, 6.45) is 1.58. The summed E-state index contributed by atoms with van der Waals surface area (Å²) in [7, 11) is 3.76. The van der Waals surface area contributed by atoms with Crippen LogP contribution in [-0.2, 0) is 13.1 Å². The van der Waals surface area contributed by atoms with Crippen LogP contribution in [0.3, 0.4) is 0 Å². The molecule has 6 nitrogen and oxygen atoms in total. The third-order valence-corrected chi connectivity index (χ3v) is 4.29. The summed E-state index contributed by atoms with van der Waals surface area (Å²) in [5.41, 5.74) is 5.81. The molecule has 3 aromatic rings. The van der Waals surface area contributed by atoms with Crippen LogP contribution in [0.1, 0.15) is 22.5 Å². The molecular formula is C18H24IN5O. The van der Waals surface area contributed by atoms with Gasteiger partial charge in [0.25, 0.3) is 0 Å². The molecule has 1 aromatic carbocycles. The number of hydrogen-bond donors (Lipinski definition) is 2. The highest BCUT2D eigenvalue weighted by molar-refractivity contribution is 14.0. The molecule has 0 fully saturated rings. The zero-order valence-electron chi connectivity index (χ0n) is 15.0. The molecule has 0 amide bonds. The van der Waals surface area contributed by atoms with Crippen LogP contribution in [0, 0.1) is 13.8 Å². The van der Waals surface area contributed by atoms with Crippen LogP contribution in [0.2, 0.25) is 0 Å². The van der Waals surface area contributed by atoms with E-state index in [1.165, 1.54) is 27.7 Å². The number of halogens is 1. The van der Waals surface area contributed by atoms with Crippen molar-refractivity contribution in [3.8, 4) is 0 Å². The molecule has 0 aliphatic heterocycles. The minimum absolute atomic E-state index is 0. The number of aryl methyl sites for hydroxylation is 2. The van der Waals surface area contributed by atoms with E-state index in [1.54, 1.807) is 13.3 Å². The van der Waals surface area contributed by atoms with Gasteiger partial charge in [-0.1, -0.05) is 11.2 Å². The molecule has 25 heavy (non-hydrogen) atoms. The summed E-state index contributed by atoms with van der Waals surface area (Å²) in [5, 5.41) is 8.61. The minimum atomic E-state index is 0. The van der Waals surface area contributed by atoms with Gasteiger partial charge in [-0.2, -0.15) is 0 Å². The fourth-order valence-electron chi connectivity index (χ4n) is 2.82. The van der Waals surface area contributed by atoms with Gasteiger partial charge >= 0.3 is 0 Å². The zero-order valence-corrected chi connectivity index (χ0v) is 17.3. The van der Waals surface area contributed by atoms with Crippen molar-refractivity contribution in [2.45, 2.75) is 26.9 Å². The largest absolute Gasteiger partial charge is 0.364 e. The predicted molar refractivity (Wildman–Crippen MR) is 111 cm³/mol. The lowest BCUT2D eigenvalue weighted by Crippen LogP contribution is -2.38. The van der Waals surface area contributed by atoms with E-state index in [0.29, 0.717) is 6.54 Å². The lowest BCUT2D eigenvalue weighted by Gasteiger charge is -2.21. The molecule has 0 unspecified atom stereocenters. The fraction of sp³-hybridized carbons (Fsp3) is 0.333. The van der Waals surface area contributed by atoms with E-state index in [2.05, 4.69) is 52.5 Å². The first kappa shape index (κ1) is 19.3. The molecule has 134 valence electrons. The maximum Gasteiger partial charge on any atom is 0.194 e. The number of H-pyrrole nitrogens is 1. The summed E-state index contributed by atoms with van der Waals surface area (Å²) in [6, 6.07) is 8.35. The van der Waals surface area contributed by atoms with Crippen molar-refractivity contribution in [3.63, 3.8) is 0 Å². The van der Waals surface area contributed by atoms with Crippen LogP contribution in [0.4, 0.5) is 0 Å². The Hall–Kier alpha value is -2.03. The van der Waals surface area contributed by atoms with E-state index >= 15 is 0 Å². The number of aliphatic imine (C=N–C) groups is 1. The number of nitrogens with one attached hydrogen (secondary N) is 2. The van der Waals surface area contributed by atoms with Gasteiger partial charge in [-0.15, -0.1) is 24.0 Å². The first-order valence-corrected chi connectivity index (χ1v) is 7.97. The van der Waals surface area contributed by atoms with E-state index in [0.717, 1.165) is 18.2 Å². The van der Waals surface area contributed by atoms with Crippen molar-refractivity contribution in [3.05, 3.63) is 53.0 Å². The third kappa shape index (κ3) is 4.33. The second-order valence-electron chi connectivity index (χ2n) is 6.00. The number of aromatic amines is 1. The Morgan fingerprint density at radius 2 is 2.12 bits per heavy atom. The zero-order chi connectivity index (χ0) is 17.1. The maximum absolute atomic E-state index is 4.87. The summed E-state index contributed by atoms with van der Waals surface area (Å²) in [6.45, 7) is 5.62. The SMILES string of the molecule is CN=C(NCc1ccc2[nH]c(C)c(C)c2c1)N(C)Cc1ccon1.I. The number of guanidine groups is 1. The smallest absolute Gasteiger partial charge is 0.194 e. The molecule has 3 rings (SSSR count). The Morgan fingerprint density at radius 3 is 2.80 bits per heavy atom.